The standard InChI is InChI=1S/C37H53F2N9O4/c1-37(2,3)52-36(50)45-16-12-24(13-17-45)11-15-44(4)20-25-5-7-26(8-6-25)48-23-30(32(43-48)33(38)39)41-35(49)29-19-40-47-18-14-31(42-34(29)47)46-21-27-9-10-28(22-46)51-27/h14,18-19,23-28,33H,5-13,15-17,20-22H2,1-4H3,(H,41,49). The zero-order valence-corrected chi connectivity index (χ0v) is 30.8. The lowest BCUT2D eigenvalue weighted by atomic mass is 9.85. The van der Waals surface area contributed by atoms with Gasteiger partial charge in [0.2, 0.25) is 0 Å². The Labute approximate surface area is 304 Å². The highest BCUT2D eigenvalue weighted by Gasteiger charge is 2.35. The number of anilines is 2. The predicted molar refractivity (Wildman–Crippen MR) is 192 cm³/mol. The normalized spacial score (nSPS) is 24.3. The van der Waals surface area contributed by atoms with Crippen LogP contribution in [0.25, 0.3) is 5.65 Å². The Morgan fingerprint density at radius 3 is 2.42 bits per heavy atom. The van der Waals surface area contributed by atoms with Gasteiger partial charge in [0.25, 0.3) is 12.3 Å². The summed E-state index contributed by atoms with van der Waals surface area (Å²) in [4.78, 5) is 37.1. The average Bonchev–Trinajstić information content (AvgIpc) is 3.83. The minimum atomic E-state index is -2.84. The molecule has 15 heteroatoms. The number of carbonyl (C=O) groups excluding carboxylic acids is 2. The first-order valence-corrected chi connectivity index (χ1v) is 19.0. The Kier molecular flexibility index (Phi) is 10.7. The van der Waals surface area contributed by atoms with Crippen LogP contribution in [-0.2, 0) is 9.47 Å². The number of ether oxygens (including phenoxy) is 2. The molecule has 4 fully saturated rings. The molecule has 0 aromatic carbocycles. The Morgan fingerprint density at radius 1 is 1.04 bits per heavy atom. The van der Waals surface area contributed by atoms with Gasteiger partial charge in [0.05, 0.1) is 30.1 Å². The number of amides is 2. The monoisotopic (exact) mass is 725 g/mol. The summed E-state index contributed by atoms with van der Waals surface area (Å²) in [5, 5.41) is 11.3. The van der Waals surface area contributed by atoms with E-state index in [1.165, 1.54) is 10.7 Å². The van der Waals surface area contributed by atoms with Crippen molar-refractivity contribution < 1.29 is 27.8 Å². The van der Waals surface area contributed by atoms with Crippen molar-refractivity contribution in [1.82, 2.24) is 34.2 Å². The lowest BCUT2D eigenvalue weighted by Gasteiger charge is -2.35. The fraction of sp³-hybridized carbons (Fsp3) is 0.703. The molecule has 2 unspecified atom stereocenters. The van der Waals surface area contributed by atoms with Crippen LogP contribution in [0.4, 0.5) is 25.1 Å². The molecule has 1 aliphatic carbocycles. The number of rotatable bonds is 10. The van der Waals surface area contributed by atoms with E-state index >= 15 is 0 Å². The molecule has 3 aliphatic heterocycles. The van der Waals surface area contributed by atoms with Crippen LogP contribution < -0.4 is 10.2 Å². The summed E-state index contributed by atoms with van der Waals surface area (Å²) in [6.07, 6.45) is 10.9. The molecule has 7 rings (SSSR count). The molecule has 6 heterocycles. The summed E-state index contributed by atoms with van der Waals surface area (Å²) in [6, 6.07) is 1.86. The number of fused-ring (bicyclic) bond motifs is 3. The number of likely N-dealkylation sites (tertiary alicyclic amines) is 1. The van der Waals surface area contributed by atoms with E-state index in [1.54, 1.807) is 17.1 Å². The van der Waals surface area contributed by atoms with Crippen molar-refractivity contribution in [1.29, 1.82) is 0 Å². The molecule has 284 valence electrons. The lowest BCUT2D eigenvalue weighted by molar-refractivity contribution is 0.0177. The molecule has 0 radical (unpaired) electrons. The zero-order chi connectivity index (χ0) is 36.6. The number of morpholine rings is 1. The number of hydrogen-bond acceptors (Lipinski definition) is 9. The van der Waals surface area contributed by atoms with Gasteiger partial charge in [-0.2, -0.15) is 10.2 Å². The first kappa shape index (κ1) is 36.5. The molecule has 3 saturated heterocycles. The van der Waals surface area contributed by atoms with Gasteiger partial charge in [-0.3, -0.25) is 9.48 Å². The van der Waals surface area contributed by atoms with Crippen molar-refractivity contribution in [2.24, 2.45) is 11.8 Å². The molecule has 4 aliphatic rings. The van der Waals surface area contributed by atoms with Gasteiger partial charge in [0.15, 0.2) is 11.3 Å². The second-order valence-corrected chi connectivity index (χ2v) is 16.3. The zero-order valence-electron chi connectivity index (χ0n) is 30.8. The first-order valence-electron chi connectivity index (χ1n) is 19.0. The molecule has 1 N–H and O–H groups in total. The molecule has 0 spiro atoms. The Bertz CT molecular complexity index is 1700. The van der Waals surface area contributed by atoms with E-state index in [2.05, 4.69) is 32.4 Å². The quantitative estimate of drug-likeness (QED) is 0.261. The van der Waals surface area contributed by atoms with E-state index < -0.39 is 23.6 Å². The summed E-state index contributed by atoms with van der Waals surface area (Å²) < 4.78 is 43.1. The highest BCUT2D eigenvalue weighted by molar-refractivity contribution is 6.08. The van der Waals surface area contributed by atoms with E-state index in [1.807, 2.05) is 31.7 Å². The lowest BCUT2D eigenvalue weighted by Crippen LogP contribution is -2.43. The number of aromatic nitrogens is 5. The summed E-state index contributed by atoms with van der Waals surface area (Å²) in [5.74, 6) is 1.31. The fourth-order valence-corrected chi connectivity index (χ4v) is 8.29. The second kappa shape index (κ2) is 15.2. The predicted octanol–water partition coefficient (Wildman–Crippen LogP) is 6.18. The molecule has 2 bridgehead atoms. The number of nitrogens with one attached hydrogen (secondary N) is 1. The van der Waals surface area contributed by atoms with E-state index in [9.17, 15) is 18.4 Å². The van der Waals surface area contributed by atoms with Gasteiger partial charge in [-0.1, -0.05) is 0 Å². The molecule has 2 amide bonds. The maximum absolute atomic E-state index is 14.2. The van der Waals surface area contributed by atoms with Crippen LogP contribution in [0.2, 0.25) is 0 Å². The first-order chi connectivity index (χ1) is 24.9. The molecule has 52 heavy (non-hydrogen) atoms. The molecular weight excluding hydrogens is 672 g/mol. The molecule has 1 saturated carbocycles. The van der Waals surface area contributed by atoms with Crippen molar-refractivity contribution in [3.63, 3.8) is 0 Å². The van der Waals surface area contributed by atoms with Crippen LogP contribution in [-0.4, -0.2) is 110 Å². The largest absolute Gasteiger partial charge is 0.444 e. The Balaban J connectivity index is 0.898. The van der Waals surface area contributed by atoms with Gasteiger partial charge in [0, 0.05) is 45.1 Å². The summed E-state index contributed by atoms with van der Waals surface area (Å²) in [5.41, 5.74) is -0.317. The summed E-state index contributed by atoms with van der Waals surface area (Å²) in [7, 11) is 2.17. The van der Waals surface area contributed by atoms with Gasteiger partial charge in [0.1, 0.15) is 17.0 Å². The van der Waals surface area contributed by atoms with E-state index in [-0.39, 0.29) is 35.6 Å². The van der Waals surface area contributed by atoms with Gasteiger partial charge < -0.3 is 29.5 Å². The maximum Gasteiger partial charge on any atom is 0.410 e. The van der Waals surface area contributed by atoms with Crippen LogP contribution in [0.5, 0.6) is 0 Å². The number of alkyl halides is 2. The van der Waals surface area contributed by atoms with E-state index in [0.717, 1.165) is 103 Å². The van der Waals surface area contributed by atoms with Crippen LogP contribution in [0.1, 0.15) is 107 Å². The number of nitrogens with zero attached hydrogens (tertiary/aromatic N) is 8. The number of hydrogen-bond donors (Lipinski definition) is 1. The van der Waals surface area contributed by atoms with Gasteiger partial charge in [-0.25, -0.2) is 23.1 Å². The van der Waals surface area contributed by atoms with Gasteiger partial charge in [-0.15, -0.1) is 0 Å². The third-order valence-corrected chi connectivity index (χ3v) is 11.1. The Morgan fingerprint density at radius 2 is 1.75 bits per heavy atom. The third kappa shape index (κ3) is 8.51. The number of halogens is 2. The maximum atomic E-state index is 14.2. The topological polar surface area (TPSA) is 122 Å². The van der Waals surface area contributed by atoms with E-state index in [0.29, 0.717) is 17.5 Å². The Hall–Kier alpha value is -3.85. The highest BCUT2D eigenvalue weighted by Crippen LogP contribution is 2.36. The molecule has 3 aromatic rings. The van der Waals surface area contributed by atoms with Gasteiger partial charge in [-0.05, 0) is 110 Å². The van der Waals surface area contributed by atoms with Crippen LogP contribution in [0, 0.1) is 11.8 Å². The van der Waals surface area contributed by atoms with E-state index in [4.69, 9.17) is 14.5 Å². The van der Waals surface area contributed by atoms with Crippen molar-refractivity contribution in [2.75, 3.05) is 56.5 Å². The van der Waals surface area contributed by atoms with Crippen LogP contribution >= 0.6 is 0 Å². The molecule has 3 aromatic heterocycles. The fourth-order valence-electron chi connectivity index (χ4n) is 8.29. The SMILES string of the molecule is CN(CCC1CCN(C(=O)OC(C)(C)C)CC1)CC1CCC(n2cc(NC(=O)c3cnn4ccc(N5CC6CCC(C5)O6)nc34)c(C(F)F)n2)CC1. The van der Waals surface area contributed by atoms with Gasteiger partial charge >= 0.3 is 6.09 Å². The minimum absolute atomic E-state index is 0.00937. The van der Waals surface area contributed by atoms with Crippen LogP contribution in [0.15, 0.2) is 24.7 Å². The molecule has 2 atom stereocenters. The second-order valence-electron chi connectivity index (χ2n) is 16.3. The third-order valence-electron chi connectivity index (χ3n) is 11.1. The van der Waals surface area contributed by atoms with Crippen molar-refractivity contribution in [3.05, 3.63) is 35.9 Å². The van der Waals surface area contributed by atoms with Crippen LogP contribution in [0.3, 0.4) is 0 Å². The van der Waals surface area contributed by atoms with Crippen molar-refractivity contribution in [2.45, 2.75) is 109 Å². The smallest absolute Gasteiger partial charge is 0.410 e. The molecule has 13 nitrogen and oxygen atoms in total. The van der Waals surface area contributed by atoms with Crippen molar-refractivity contribution in [3.8, 4) is 0 Å². The summed E-state index contributed by atoms with van der Waals surface area (Å²) >= 11 is 0. The average molecular weight is 726 g/mol. The molecular formula is C37H53F2N9O4. The number of carbonyl (C=O) groups is 2. The summed E-state index contributed by atoms with van der Waals surface area (Å²) in [6.45, 7) is 10.7. The number of piperidine rings is 1. The minimum Gasteiger partial charge on any atom is -0.444 e. The highest BCUT2D eigenvalue weighted by atomic mass is 19.3. The van der Waals surface area contributed by atoms with Crippen molar-refractivity contribution >= 4 is 29.2 Å².